The molecule has 0 aromatic heterocycles. The van der Waals surface area contributed by atoms with E-state index in [1.807, 2.05) is 6.07 Å². The van der Waals surface area contributed by atoms with Crippen LogP contribution in [-0.4, -0.2) is 47.1 Å². The fraction of sp³-hybridized carbons (Fsp3) is 0.467. The summed E-state index contributed by atoms with van der Waals surface area (Å²) in [4.78, 5) is 25.5. The Kier molecular flexibility index (Phi) is 4.06. The lowest BCUT2D eigenvalue weighted by atomic mass is 10.0. The Labute approximate surface area is 123 Å². The van der Waals surface area contributed by atoms with Crippen LogP contribution in [0, 0.1) is 0 Å². The normalized spacial score (nSPS) is 13.7. The second-order valence-corrected chi connectivity index (χ2v) is 5.37. The molecular formula is C15H20N2O4. The highest BCUT2D eigenvalue weighted by atomic mass is 16.5. The first-order valence-electron chi connectivity index (χ1n) is 6.94. The van der Waals surface area contributed by atoms with Crippen LogP contribution in [0.25, 0.3) is 0 Å². The molecule has 0 aliphatic carbocycles. The van der Waals surface area contributed by atoms with Gasteiger partial charge in [-0.05, 0) is 32.9 Å². The monoisotopic (exact) mass is 292 g/mol. The van der Waals surface area contributed by atoms with Crippen LogP contribution in [0.15, 0.2) is 18.2 Å². The predicted octanol–water partition coefficient (Wildman–Crippen LogP) is 1.82. The van der Waals surface area contributed by atoms with Crippen LogP contribution in [0.5, 0.6) is 5.75 Å². The minimum absolute atomic E-state index is 0.301. The van der Waals surface area contributed by atoms with E-state index in [1.54, 1.807) is 19.1 Å². The predicted molar refractivity (Wildman–Crippen MR) is 78.9 cm³/mol. The Bertz CT molecular complexity index is 569. The van der Waals surface area contributed by atoms with E-state index in [-0.39, 0.29) is 5.91 Å². The first-order chi connectivity index (χ1) is 9.89. The highest BCUT2D eigenvalue weighted by Crippen LogP contribution is 2.33. The number of benzene rings is 1. The number of carboxylic acid groups (broad SMARTS) is 1. The fourth-order valence-electron chi connectivity index (χ4n) is 2.39. The molecule has 21 heavy (non-hydrogen) atoms. The van der Waals surface area contributed by atoms with Gasteiger partial charge in [0.1, 0.15) is 12.1 Å². The molecule has 0 unspecified atom stereocenters. The number of para-hydroxylation sites is 1. The smallest absolute Gasteiger partial charge is 0.329 e. The van der Waals surface area contributed by atoms with Crippen molar-refractivity contribution in [2.24, 2.45) is 0 Å². The molecule has 0 saturated carbocycles. The minimum atomic E-state index is -1.28. The second-order valence-electron chi connectivity index (χ2n) is 5.37. The van der Waals surface area contributed by atoms with Gasteiger partial charge in [-0.3, -0.25) is 4.79 Å². The van der Waals surface area contributed by atoms with Crippen molar-refractivity contribution >= 4 is 17.6 Å². The largest absolute Gasteiger partial charge is 0.489 e. The lowest BCUT2D eigenvalue weighted by molar-refractivity contribution is -0.147. The summed E-state index contributed by atoms with van der Waals surface area (Å²) in [7, 11) is 0. The molecule has 0 atom stereocenters. The van der Waals surface area contributed by atoms with E-state index in [4.69, 9.17) is 4.74 Å². The summed E-state index contributed by atoms with van der Waals surface area (Å²) in [5.74, 6) is -0.889. The molecular weight excluding hydrogens is 272 g/mol. The summed E-state index contributed by atoms with van der Waals surface area (Å²) in [5.41, 5.74) is -0.136. The third kappa shape index (κ3) is 2.66. The van der Waals surface area contributed by atoms with Crippen LogP contribution >= 0.6 is 0 Å². The molecule has 1 aromatic rings. The molecule has 1 aromatic carbocycles. The number of hydrogen-bond acceptors (Lipinski definition) is 4. The quantitative estimate of drug-likeness (QED) is 0.885. The summed E-state index contributed by atoms with van der Waals surface area (Å²) in [6, 6.07) is 5.26. The number of anilines is 1. The number of nitrogens with zero attached hydrogens (tertiary/aromatic N) is 1. The second kappa shape index (κ2) is 5.63. The number of hydrogen-bond donors (Lipinski definition) is 2. The van der Waals surface area contributed by atoms with Crippen molar-refractivity contribution in [2.45, 2.75) is 26.3 Å². The van der Waals surface area contributed by atoms with Gasteiger partial charge in [0.05, 0.1) is 11.3 Å². The molecule has 0 spiro atoms. The maximum atomic E-state index is 12.8. The Morgan fingerprint density at radius 3 is 2.76 bits per heavy atom. The zero-order valence-electron chi connectivity index (χ0n) is 12.5. The van der Waals surface area contributed by atoms with Gasteiger partial charge in [0, 0.05) is 13.1 Å². The first kappa shape index (κ1) is 15.2. The van der Waals surface area contributed by atoms with Crippen molar-refractivity contribution in [3.8, 4) is 5.75 Å². The standard InChI is InChI=1S/C15H20N2O4/c1-4-17(15(2,3)14(19)20)13(18)10-6-5-7-11-12(10)21-9-8-16-11/h5-7,16H,4,8-9H2,1-3H3,(H,19,20). The Morgan fingerprint density at radius 1 is 1.43 bits per heavy atom. The number of carbonyl (C=O) groups is 2. The average Bonchev–Trinajstić information content (AvgIpc) is 2.46. The van der Waals surface area contributed by atoms with E-state index in [0.717, 1.165) is 5.69 Å². The minimum Gasteiger partial charge on any atom is -0.489 e. The zero-order valence-corrected chi connectivity index (χ0v) is 12.5. The van der Waals surface area contributed by atoms with Crippen LogP contribution in [0.3, 0.4) is 0 Å². The number of aliphatic carboxylic acids is 1. The number of carboxylic acids is 1. The lowest BCUT2D eigenvalue weighted by Gasteiger charge is -2.35. The molecule has 114 valence electrons. The number of amides is 1. The van der Waals surface area contributed by atoms with E-state index >= 15 is 0 Å². The number of ether oxygens (including phenoxy) is 1. The highest BCUT2D eigenvalue weighted by molar-refractivity contribution is 6.01. The molecule has 1 aliphatic rings. The van der Waals surface area contributed by atoms with Gasteiger partial charge in [-0.1, -0.05) is 6.07 Å². The molecule has 6 nitrogen and oxygen atoms in total. The highest BCUT2D eigenvalue weighted by Gasteiger charge is 2.38. The summed E-state index contributed by atoms with van der Waals surface area (Å²) in [5, 5.41) is 12.5. The number of carbonyl (C=O) groups excluding carboxylic acids is 1. The topological polar surface area (TPSA) is 78.9 Å². The molecule has 1 heterocycles. The molecule has 1 aliphatic heterocycles. The molecule has 0 fully saturated rings. The van der Waals surface area contributed by atoms with E-state index in [9.17, 15) is 14.7 Å². The number of fused-ring (bicyclic) bond motifs is 1. The van der Waals surface area contributed by atoms with Gasteiger partial charge in [0.25, 0.3) is 5.91 Å². The lowest BCUT2D eigenvalue weighted by Crippen LogP contribution is -2.53. The van der Waals surface area contributed by atoms with Gasteiger partial charge in [0.15, 0.2) is 5.75 Å². The Morgan fingerprint density at radius 2 is 2.14 bits per heavy atom. The van der Waals surface area contributed by atoms with Crippen LogP contribution in [0.2, 0.25) is 0 Å². The van der Waals surface area contributed by atoms with Gasteiger partial charge in [-0.15, -0.1) is 0 Å². The van der Waals surface area contributed by atoms with Gasteiger partial charge in [-0.25, -0.2) is 4.79 Å². The summed E-state index contributed by atoms with van der Waals surface area (Å²) < 4.78 is 5.59. The molecule has 6 heteroatoms. The van der Waals surface area contributed by atoms with Crippen molar-refractivity contribution < 1.29 is 19.4 Å². The van der Waals surface area contributed by atoms with Crippen molar-refractivity contribution in [1.82, 2.24) is 4.90 Å². The van der Waals surface area contributed by atoms with Gasteiger partial charge in [0.2, 0.25) is 0 Å². The van der Waals surface area contributed by atoms with E-state index in [1.165, 1.54) is 18.7 Å². The Hall–Kier alpha value is -2.24. The van der Waals surface area contributed by atoms with Gasteiger partial charge < -0.3 is 20.1 Å². The molecule has 2 rings (SSSR count). The van der Waals surface area contributed by atoms with Crippen LogP contribution in [0.4, 0.5) is 5.69 Å². The van der Waals surface area contributed by atoms with E-state index in [0.29, 0.717) is 31.0 Å². The van der Waals surface area contributed by atoms with Crippen molar-refractivity contribution in [3.05, 3.63) is 23.8 Å². The number of rotatable bonds is 4. The van der Waals surface area contributed by atoms with Crippen molar-refractivity contribution in [1.29, 1.82) is 0 Å². The summed E-state index contributed by atoms with van der Waals surface area (Å²) >= 11 is 0. The molecule has 1 amide bonds. The van der Waals surface area contributed by atoms with Gasteiger partial charge in [-0.2, -0.15) is 0 Å². The summed E-state index contributed by atoms with van der Waals surface area (Å²) in [6.45, 7) is 6.26. The molecule has 0 saturated heterocycles. The van der Waals surface area contributed by atoms with Crippen molar-refractivity contribution in [3.63, 3.8) is 0 Å². The third-order valence-electron chi connectivity index (χ3n) is 3.67. The third-order valence-corrected chi connectivity index (χ3v) is 3.67. The average molecular weight is 292 g/mol. The first-order valence-corrected chi connectivity index (χ1v) is 6.94. The summed E-state index contributed by atoms with van der Waals surface area (Å²) in [6.07, 6.45) is 0. The number of likely N-dealkylation sites (N-methyl/N-ethyl adjacent to an activating group) is 1. The van der Waals surface area contributed by atoms with Gasteiger partial charge >= 0.3 is 5.97 Å². The molecule has 0 bridgehead atoms. The van der Waals surface area contributed by atoms with Crippen LogP contribution in [0.1, 0.15) is 31.1 Å². The van der Waals surface area contributed by atoms with Crippen LogP contribution < -0.4 is 10.1 Å². The zero-order chi connectivity index (χ0) is 15.6. The molecule has 2 N–H and O–H groups in total. The van der Waals surface area contributed by atoms with Crippen molar-refractivity contribution in [2.75, 3.05) is 25.0 Å². The van der Waals surface area contributed by atoms with E-state index < -0.39 is 11.5 Å². The fourth-order valence-corrected chi connectivity index (χ4v) is 2.39. The van der Waals surface area contributed by atoms with Crippen LogP contribution in [-0.2, 0) is 4.79 Å². The maximum Gasteiger partial charge on any atom is 0.329 e. The SMILES string of the molecule is CCN(C(=O)c1cccc2c1OCCN2)C(C)(C)C(=O)O. The maximum absolute atomic E-state index is 12.8. The number of nitrogens with one attached hydrogen (secondary N) is 1. The Balaban J connectivity index is 2.41. The molecule has 0 radical (unpaired) electrons. The van der Waals surface area contributed by atoms with E-state index in [2.05, 4.69) is 5.32 Å².